The number of carboxylic acids is 1. The minimum absolute atomic E-state index is 0.0466. The minimum Gasteiger partial charge on any atom is -0.481 e. The van der Waals surface area contributed by atoms with Crippen molar-refractivity contribution in [2.24, 2.45) is 0 Å². The summed E-state index contributed by atoms with van der Waals surface area (Å²) < 4.78 is 18.8. The number of ether oxygens (including phenoxy) is 1. The van der Waals surface area contributed by atoms with E-state index in [0.717, 1.165) is 0 Å². The van der Waals surface area contributed by atoms with Crippen LogP contribution in [0.4, 0.5) is 4.39 Å². The maximum Gasteiger partial charge on any atom is 0.315 e. The number of benzene rings is 2. The van der Waals surface area contributed by atoms with E-state index in [1.807, 2.05) is 6.07 Å². The van der Waals surface area contributed by atoms with Gasteiger partial charge in [-0.3, -0.25) is 9.59 Å². The van der Waals surface area contributed by atoms with E-state index in [2.05, 4.69) is 5.32 Å². The first-order chi connectivity index (χ1) is 13.4. The summed E-state index contributed by atoms with van der Waals surface area (Å²) in [5.74, 6) is -1.64. The van der Waals surface area contributed by atoms with Crippen LogP contribution in [-0.2, 0) is 25.2 Å². The van der Waals surface area contributed by atoms with E-state index in [1.165, 1.54) is 12.1 Å². The molecule has 2 aromatic rings. The van der Waals surface area contributed by atoms with Crippen LogP contribution in [0.3, 0.4) is 0 Å². The van der Waals surface area contributed by atoms with Gasteiger partial charge in [-0.25, -0.2) is 4.39 Å². The lowest BCUT2D eigenvalue weighted by atomic mass is 9.73. The van der Waals surface area contributed by atoms with Gasteiger partial charge in [0.2, 0.25) is 5.91 Å². The van der Waals surface area contributed by atoms with Crippen molar-refractivity contribution in [3.05, 3.63) is 71.5 Å². The third-order valence-corrected chi connectivity index (χ3v) is 5.66. The minimum atomic E-state index is -1.26. The second-order valence-electron chi connectivity index (χ2n) is 7.39. The molecule has 0 radical (unpaired) electrons. The number of hydrogen-bond acceptors (Lipinski definition) is 3. The molecule has 5 nitrogen and oxygen atoms in total. The van der Waals surface area contributed by atoms with Crippen molar-refractivity contribution < 1.29 is 23.8 Å². The van der Waals surface area contributed by atoms with Gasteiger partial charge in [-0.15, -0.1) is 0 Å². The first-order valence-corrected chi connectivity index (χ1v) is 9.29. The topological polar surface area (TPSA) is 75.6 Å². The Balaban J connectivity index is 1.86. The number of amides is 1. The highest BCUT2D eigenvalue weighted by Crippen LogP contribution is 2.35. The smallest absolute Gasteiger partial charge is 0.315 e. The molecule has 0 saturated carbocycles. The number of aliphatic carboxylic acids is 1. The van der Waals surface area contributed by atoms with Gasteiger partial charge in [-0.1, -0.05) is 42.5 Å². The van der Waals surface area contributed by atoms with Crippen LogP contribution >= 0.6 is 0 Å². The second-order valence-corrected chi connectivity index (χ2v) is 7.39. The zero-order valence-electron chi connectivity index (χ0n) is 15.8. The molecule has 1 fully saturated rings. The monoisotopic (exact) mass is 385 g/mol. The third-order valence-electron chi connectivity index (χ3n) is 5.66. The lowest BCUT2D eigenvalue weighted by molar-refractivity contribution is -0.143. The molecular formula is C22H24FNO4. The van der Waals surface area contributed by atoms with Crippen LogP contribution in [0, 0.1) is 5.82 Å². The molecule has 1 aliphatic rings. The maximum absolute atomic E-state index is 13.4. The first kappa shape index (κ1) is 20.0. The van der Waals surface area contributed by atoms with E-state index in [4.69, 9.17) is 4.74 Å². The highest BCUT2D eigenvalue weighted by Gasteiger charge is 2.43. The lowest BCUT2D eigenvalue weighted by Gasteiger charge is -2.37. The van der Waals surface area contributed by atoms with E-state index in [9.17, 15) is 19.1 Å². The zero-order valence-corrected chi connectivity index (χ0v) is 15.8. The molecule has 148 valence electrons. The van der Waals surface area contributed by atoms with Gasteiger partial charge in [-0.2, -0.15) is 0 Å². The summed E-state index contributed by atoms with van der Waals surface area (Å²) in [6, 6.07) is 14.8. The van der Waals surface area contributed by atoms with Gasteiger partial charge >= 0.3 is 5.97 Å². The van der Waals surface area contributed by atoms with Crippen LogP contribution < -0.4 is 5.32 Å². The predicted octanol–water partition coefficient (Wildman–Crippen LogP) is 3.03. The molecule has 3 rings (SSSR count). The van der Waals surface area contributed by atoms with Crippen molar-refractivity contribution in [3.63, 3.8) is 0 Å². The molecule has 1 heterocycles. The summed E-state index contributed by atoms with van der Waals surface area (Å²) in [5, 5.41) is 12.7. The van der Waals surface area contributed by atoms with Crippen molar-refractivity contribution in [2.45, 2.75) is 30.6 Å². The molecule has 1 unspecified atom stereocenters. The standard InChI is InChI=1S/C22H24FNO4/c1-21(20(26)27,16-5-3-2-4-6-16)15-24-19(25)22(11-13-28-14-12-22)17-7-9-18(23)10-8-17/h2-10H,11-15H2,1H3,(H,24,25)(H,26,27). The fourth-order valence-corrected chi connectivity index (χ4v) is 3.67. The van der Waals surface area contributed by atoms with Crippen LogP contribution in [0.5, 0.6) is 0 Å². The van der Waals surface area contributed by atoms with E-state index in [-0.39, 0.29) is 18.3 Å². The average molecular weight is 385 g/mol. The van der Waals surface area contributed by atoms with E-state index >= 15 is 0 Å². The van der Waals surface area contributed by atoms with Crippen LogP contribution in [0.15, 0.2) is 54.6 Å². The number of rotatable bonds is 6. The fraction of sp³-hybridized carbons (Fsp3) is 0.364. The van der Waals surface area contributed by atoms with Crippen molar-refractivity contribution in [3.8, 4) is 0 Å². The lowest BCUT2D eigenvalue weighted by Crippen LogP contribution is -2.52. The second kappa shape index (κ2) is 8.10. The Hall–Kier alpha value is -2.73. The Labute approximate surface area is 163 Å². The maximum atomic E-state index is 13.4. The Kier molecular flexibility index (Phi) is 5.79. The number of carboxylic acid groups (broad SMARTS) is 1. The van der Waals surface area contributed by atoms with Crippen molar-refractivity contribution in [1.82, 2.24) is 5.32 Å². The van der Waals surface area contributed by atoms with Crippen LogP contribution in [-0.4, -0.2) is 36.7 Å². The van der Waals surface area contributed by atoms with Gasteiger partial charge in [0.05, 0.1) is 5.41 Å². The molecule has 0 aliphatic carbocycles. The molecular weight excluding hydrogens is 361 g/mol. The van der Waals surface area contributed by atoms with Gasteiger partial charge in [0.1, 0.15) is 11.2 Å². The summed E-state index contributed by atoms with van der Waals surface area (Å²) in [4.78, 5) is 25.2. The number of halogens is 1. The molecule has 1 saturated heterocycles. The quantitative estimate of drug-likeness (QED) is 0.802. The number of nitrogens with one attached hydrogen (secondary N) is 1. The van der Waals surface area contributed by atoms with Crippen molar-refractivity contribution in [1.29, 1.82) is 0 Å². The molecule has 1 amide bonds. The molecule has 6 heteroatoms. The Morgan fingerprint density at radius 1 is 1.11 bits per heavy atom. The molecule has 1 atom stereocenters. The van der Waals surface area contributed by atoms with Gasteiger partial charge in [-0.05, 0) is 43.0 Å². The largest absolute Gasteiger partial charge is 0.481 e. The Morgan fingerprint density at radius 2 is 1.71 bits per heavy atom. The molecule has 2 N–H and O–H groups in total. The highest BCUT2D eigenvalue weighted by molar-refractivity contribution is 5.89. The van der Waals surface area contributed by atoms with Gasteiger partial charge in [0.25, 0.3) is 0 Å². The van der Waals surface area contributed by atoms with E-state index in [0.29, 0.717) is 37.2 Å². The average Bonchev–Trinajstić information content (AvgIpc) is 2.73. The molecule has 1 aliphatic heterocycles. The van der Waals surface area contributed by atoms with Gasteiger partial charge in [0, 0.05) is 19.8 Å². The van der Waals surface area contributed by atoms with Gasteiger partial charge < -0.3 is 15.2 Å². The van der Waals surface area contributed by atoms with Crippen LogP contribution in [0.1, 0.15) is 30.9 Å². The first-order valence-electron chi connectivity index (χ1n) is 9.29. The Bertz CT molecular complexity index is 831. The molecule has 0 bridgehead atoms. The highest BCUT2D eigenvalue weighted by atomic mass is 19.1. The van der Waals surface area contributed by atoms with E-state index < -0.39 is 16.8 Å². The zero-order chi connectivity index (χ0) is 20.2. The number of hydrogen-bond donors (Lipinski definition) is 2. The molecule has 0 aromatic heterocycles. The summed E-state index contributed by atoms with van der Waals surface area (Å²) in [7, 11) is 0. The predicted molar refractivity (Wildman–Crippen MR) is 103 cm³/mol. The van der Waals surface area contributed by atoms with Crippen molar-refractivity contribution in [2.75, 3.05) is 19.8 Å². The van der Waals surface area contributed by atoms with Crippen LogP contribution in [0.25, 0.3) is 0 Å². The van der Waals surface area contributed by atoms with Crippen molar-refractivity contribution >= 4 is 11.9 Å². The number of carbonyl (C=O) groups is 2. The summed E-state index contributed by atoms with van der Waals surface area (Å²) >= 11 is 0. The molecule has 2 aromatic carbocycles. The summed E-state index contributed by atoms with van der Waals surface area (Å²) in [5.41, 5.74) is -0.786. The third kappa shape index (κ3) is 3.78. The summed E-state index contributed by atoms with van der Waals surface area (Å²) in [6.45, 7) is 2.38. The van der Waals surface area contributed by atoms with E-state index in [1.54, 1.807) is 43.3 Å². The normalized spacial score (nSPS) is 18.1. The summed E-state index contributed by atoms with van der Waals surface area (Å²) in [6.07, 6.45) is 0.916. The number of carbonyl (C=O) groups excluding carboxylic acids is 1. The molecule has 0 spiro atoms. The Morgan fingerprint density at radius 3 is 2.29 bits per heavy atom. The fourth-order valence-electron chi connectivity index (χ4n) is 3.67. The SMILES string of the molecule is CC(CNC(=O)C1(c2ccc(F)cc2)CCOCC1)(C(=O)O)c1ccccc1. The van der Waals surface area contributed by atoms with Gasteiger partial charge in [0.15, 0.2) is 0 Å². The van der Waals surface area contributed by atoms with Crippen LogP contribution in [0.2, 0.25) is 0 Å². The molecule has 28 heavy (non-hydrogen) atoms.